The summed E-state index contributed by atoms with van der Waals surface area (Å²) in [6.45, 7) is 2.13. The van der Waals surface area contributed by atoms with Crippen LogP contribution in [0.3, 0.4) is 0 Å². The zero-order valence-corrected chi connectivity index (χ0v) is 13.2. The Bertz CT molecular complexity index is 688. The normalized spacial score (nSPS) is 22.1. The number of H-pyrrole nitrogens is 1. The third-order valence-electron chi connectivity index (χ3n) is 3.44. The number of aromatic hydroxyl groups is 1. The number of nitrogens with zero attached hydrogens (tertiary/aromatic N) is 1. The van der Waals surface area contributed by atoms with Gasteiger partial charge in [0.2, 0.25) is 5.88 Å². The summed E-state index contributed by atoms with van der Waals surface area (Å²) in [7, 11) is 0. The molecule has 1 aliphatic rings. The fourth-order valence-electron chi connectivity index (χ4n) is 2.41. The standard InChI is InChI=1S/C15H16N2O2S2/c1-9-12(21-8-7-20-9)13-16-14(18)11(15(19)17-13)10-5-3-2-4-6-10/h2-6,9,12H,7-8H2,1H3,(H2,16,17,18,19). The molecule has 2 aromatic rings. The molecule has 2 unspecified atom stereocenters. The molecule has 1 saturated heterocycles. The maximum Gasteiger partial charge on any atom is 0.262 e. The number of hydrogen-bond donors (Lipinski definition) is 2. The first kappa shape index (κ1) is 14.5. The quantitative estimate of drug-likeness (QED) is 0.890. The van der Waals surface area contributed by atoms with Crippen molar-refractivity contribution >= 4 is 23.5 Å². The maximum atomic E-state index is 12.3. The number of aromatic nitrogens is 2. The SMILES string of the molecule is CC1SCCSC1c1nc(O)c(-c2ccccc2)c(=O)[nH]1. The van der Waals surface area contributed by atoms with Gasteiger partial charge < -0.3 is 10.1 Å². The van der Waals surface area contributed by atoms with E-state index in [4.69, 9.17) is 0 Å². The van der Waals surface area contributed by atoms with Gasteiger partial charge in [0.05, 0.1) is 5.25 Å². The highest BCUT2D eigenvalue weighted by Gasteiger charge is 2.27. The molecule has 3 rings (SSSR count). The van der Waals surface area contributed by atoms with Crippen LogP contribution in [-0.2, 0) is 0 Å². The van der Waals surface area contributed by atoms with Crippen molar-refractivity contribution in [2.75, 3.05) is 11.5 Å². The summed E-state index contributed by atoms with van der Waals surface area (Å²) in [5, 5.41) is 10.7. The topological polar surface area (TPSA) is 66.0 Å². The third-order valence-corrected chi connectivity index (χ3v) is 6.54. The summed E-state index contributed by atoms with van der Waals surface area (Å²) in [5.74, 6) is 2.52. The summed E-state index contributed by atoms with van der Waals surface area (Å²) in [6, 6.07) is 9.11. The lowest BCUT2D eigenvalue weighted by molar-refractivity contribution is 0.449. The summed E-state index contributed by atoms with van der Waals surface area (Å²) >= 11 is 3.65. The zero-order chi connectivity index (χ0) is 14.8. The van der Waals surface area contributed by atoms with Crippen LogP contribution in [0.5, 0.6) is 5.88 Å². The Morgan fingerprint density at radius 2 is 1.95 bits per heavy atom. The van der Waals surface area contributed by atoms with Gasteiger partial charge in [0.25, 0.3) is 5.56 Å². The molecule has 21 heavy (non-hydrogen) atoms. The number of aromatic amines is 1. The van der Waals surface area contributed by atoms with Crippen molar-refractivity contribution in [2.45, 2.75) is 17.4 Å². The van der Waals surface area contributed by atoms with E-state index in [1.54, 1.807) is 23.9 Å². The van der Waals surface area contributed by atoms with Crippen molar-refractivity contribution in [1.82, 2.24) is 9.97 Å². The first-order valence-electron chi connectivity index (χ1n) is 6.78. The molecule has 0 aliphatic carbocycles. The molecular formula is C15H16N2O2S2. The second-order valence-corrected chi connectivity index (χ2v) is 7.62. The van der Waals surface area contributed by atoms with Crippen LogP contribution in [0.1, 0.15) is 18.0 Å². The van der Waals surface area contributed by atoms with E-state index >= 15 is 0 Å². The van der Waals surface area contributed by atoms with E-state index in [2.05, 4.69) is 16.9 Å². The highest BCUT2D eigenvalue weighted by molar-refractivity contribution is 8.06. The fraction of sp³-hybridized carbons (Fsp3) is 0.333. The molecule has 1 aliphatic heterocycles. The van der Waals surface area contributed by atoms with Crippen molar-refractivity contribution in [2.24, 2.45) is 0 Å². The third kappa shape index (κ3) is 2.96. The average Bonchev–Trinajstić information content (AvgIpc) is 2.48. The van der Waals surface area contributed by atoms with Crippen LogP contribution in [-0.4, -0.2) is 31.8 Å². The van der Waals surface area contributed by atoms with E-state index in [0.717, 1.165) is 11.5 Å². The van der Waals surface area contributed by atoms with Gasteiger partial charge in [0, 0.05) is 16.8 Å². The highest BCUT2D eigenvalue weighted by atomic mass is 32.2. The van der Waals surface area contributed by atoms with Crippen LogP contribution in [0.2, 0.25) is 0 Å². The number of benzene rings is 1. The minimum Gasteiger partial charge on any atom is -0.493 e. The Morgan fingerprint density at radius 3 is 2.62 bits per heavy atom. The second-order valence-electron chi connectivity index (χ2n) is 4.88. The van der Waals surface area contributed by atoms with Gasteiger partial charge in [-0.05, 0) is 5.56 Å². The smallest absolute Gasteiger partial charge is 0.262 e. The van der Waals surface area contributed by atoms with E-state index in [0.29, 0.717) is 16.6 Å². The lowest BCUT2D eigenvalue weighted by Gasteiger charge is -2.27. The molecule has 2 atom stereocenters. The van der Waals surface area contributed by atoms with Gasteiger partial charge >= 0.3 is 0 Å². The van der Waals surface area contributed by atoms with Crippen LogP contribution in [0, 0.1) is 0 Å². The van der Waals surface area contributed by atoms with Gasteiger partial charge in [-0.25, -0.2) is 0 Å². The molecule has 110 valence electrons. The van der Waals surface area contributed by atoms with Crippen molar-refractivity contribution in [3.63, 3.8) is 0 Å². The van der Waals surface area contributed by atoms with Gasteiger partial charge in [0.15, 0.2) is 0 Å². The monoisotopic (exact) mass is 320 g/mol. The predicted molar refractivity (Wildman–Crippen MR) is 89.1 cm³/mol. The molecule has 0 spiro atoms. The van der Waals surface area contributed by atoms with Crippen LogP contribution in [0.15, 0.2) is 35.1 Å². The van der Waals surface area contributed by atoms with Crippen molar-refractivity contribution in [1.29, 1.82) is 0 Å². The first-order chi connectivity index (χ1) is 10.2. The molecule has 0 radical (unpaired) electrons. The summed E-state index contributed by atoms with van der Waals surface area (Å²) in [4.78, 5) is 19.4. The minimum absolute atomic E-state index is 0.118. The minimum atomic E-state index is -0.285. The zero-order valence-electron chi connectivity index (χ0n) is 11.6. The Labute approximate surface area is 131 Å². The van der Waals surface area contributed by atoms with Gasteiger partial charge in [-0.15, -0.1) is 11.8 Å². The van der Waals surface area contributed by atoms with Gasteiger partial charge in [-0.1, -0.05) is 37.3 Å². The van der Waals surface area contributed by atoms with Crippen LogP contribution in [0.4, 0.5) is 0 Å². The van der Waals surface area contributed by atoms with E-state index in [9.17, 15) is 9.90 Å². The van der Waals surface area contributed by atoms with E-state index in [-0.39, 0.29) is 22.3 Å². The molecule has 6 heteroatoms. The van der Waals surface area contributed by atoms with Gasteiger partial charge in [0.1, 0.15) is 11.4 Å². The second kappa shape index (κ2) is 6.15. The van der Waals surface area contributed by atoms with Crippen molar-refractivity contribution in [3.05, 3.63) is 46.5 Å². The number of thioether (sulfide) groups is 2. The Morgan fingerprint density at radius 1 is 1.24 bits per heavy atom. The fourth-order valence-corrected chi connectivity index (χ4v) is 5.12. The van der Waals surface area contributed by atoms with Crippen LogP contribution in [0.25, 0.3) is 11.1 Å². The molecule has 0 saturated carbocycles. The Balaban J connectivity index is 2.02. The molecule has 2 heterocycles. The lowest BCUT2D eigenvalue weighted by atomic mass is 10.1. The lowest BCUT2D eigenvalue weighted by Crippen LogP contribution is -2.22. The highest BCUT2D eigenvalue weighted by Crippen LogP contribution is 2.41. The maximum absolute atomic E-state index is 12.3. The van der Waals surface area contributed by atoms with E-state index in [1.807, 2.05) is 30.0 Å². The summed E-state index contributed by atoms with van der Waals surface area (Å²) in [6.07, 6.45) is 0. The Kier molecular flexibility index (Phi) is 4.26. The molecule has 0 bridgehead atoms. The van der Waals surface area contributed by atoms with Crippen LogP contribution >= 0.6 is 23.5 Å². The van der Waals surface area contributed by atoms with E-state index < -0.39 is 0 Å². The average molecular weight is 320 g/mol. The van der Waals surface area contributed by atoms with Crippen molar-refractivity contribution < 1.29 is 5.11 Å². The number of rotatable bonds is 2. The molecular weight excluding hydrogens is 304 g/mol. The largest absolute Gasteiger partial charge is 0.493 e. The molecule has 4 nitrogen and oxygen atoms in total. The van der Waals surface area contributed by atoms with Gasteiger partial charge in [-0.3, -0.25) is 4.79 Å². The number of nitrogens with one attached hydrogen (secondary N) is 1. The van der Waals surface area contributed by atoms with Gasteiger partial charge in [-0.2, -0.15) is 16.7 Å². The molecule has 1 fully saturated rings. The number of hydrogen-bond acceptors (Lipinski definition) is 5. The molecule has 2 N–H and O–H groups in total. The van der Waals surface area contributed by atoms with Crippen LogP contribution < -0.4 is 5.56 Å². The Hall–Kier alpha value is -1.40. The van der Waals surface area contributed by atoms with E-state index in [1.165, 1.54) is 0 Å². The predicted octanol–water partition coefficient (Wildman–Crippen LogP) is 3.05. The van der Waals surface area contributed by atoms with Crippen molar-refractivity contribution in [3.8, 4) is 17.0 Å². The first-order valence-corrected chi connectivity index (χ1v) is 8.88. The molecule has 1 aromatic heterocycles. The molecule has 1 aromatic carbocycles. The molecule has 0 amide bonds. The summed E-state index contributed by atoms with van der Waals surface area (Å²) in [5.41, 5.74) is 0.626. The summed E-state index contributed by atoms with van der Waals surface area (Å²) < 4.78 is 0.